The number of nitrogens with zero attached hydrogens (tertiary/aromatic N) is 1. The van der Waals surface area contributed by atoms with Gasteiger partial charge in [-0.25, -0.2) is 0 Å². The fraction of sp³-hybridized carbons (Fsp3) is 0.600. The van der Waals surface area contributed by atoms with Crippen LogP contribution >= 0.6 is 15.9 Å². The second-order valence-electron chi connectivity index (χ2n) is 5.95. The van der Waals surface area contributed by atoms with Crippen LogP contribution in [0, 0.1) is 0 Å². The average molecular weight is 344 g/mol. The van der Waals surface area contributed by atoms with Crippen LogP contribution in [0.5, 0.6) is 0 Å². The summed E-state index contributed by atoms with van der Waals surface area (Å²) in [6.07, 6.45) is -0.659. The minimum absolute atomic E-state index is 0.0172. The molecule has 1 aliphatic heterocycles. The highest BCUT2D eigenvalue weighted by Crippen LogP contribution is 2.33. The van der Waals surface area contributed by atoms with Crippen LogP contribution in [0.15, 0.2) is 22.7 Å². The topological polar surface area (TPSA) is 52.9 Å². The first-order valence-electron chi connectivity index (χ1n) is 6.83. The largest absolute Gasteiger partial charge is 0.394 e. The molecule has 0 bridgehead atoms. The molecule has 0 aromatic heterocycles. The molecular formula is C15H22BrNO3. The molecule has 2 atom stereocenters. The van der Waals surface area contributed by atoms with E-state index < -0.39 is 6.10 Å². The Balaban J connectivity index is 2.26. The maximum atomic E-state index is 9.63. The molecule has 2 rings (SSSR count). The minimum atomic E-state index is -0.480. The SMILES string of the molecule is CC(O)c1ccc(N2CC(CO)OC(C)(C)C2)c(Br)c1. The highest BCUT2D eigenvalue weighted by atomic mass is 79.9. The molecule has 1 aromatic carbocycles. The standard InChI is InChI=1S/C15H22BrNO3/c1-10(19)11-4-5-14(13(16)6-11)17-7-12(8-18)20-15(2,3)9-17/h4-6,10,12,18-19H,7-9H2,1-3H3. The summed E-state index contributed by atoms with van der Waals surface area (Å²) in [5.74, 6) is 0. The van der Waals surface area contributed by atoms with E-state index in [9.17, 15) is 10.2 Å². The van der Waals surface area contributed by atoms with Gasteiger partial charge in [0, 0.05) is 17.6 Å². The quantitative estimate of drug-likeness (QED) is 0.885. The Morgan fingerprint density at radius 2 is 2.20 bits per heavy atom. The first kappa shape index (κ1) is 15.8. The lowest BCUT2D eigenvalue weighted by Gasteiger charge is -2.43. The molecule has 2 N–H and O–H groups in total. The predicted molar refractivity (Wildman–Crippen MR) is 83.0 cm³/mol. The summed E-state index contributed by atoms with van der Waals surface area (Å²) in [4.78, 5) is 2.21. The van der Waals surface area contributed by atoms with E-state index in [1.165, 1.54) is 0 Å². The Morgan fingerprint density at radius 3 is 2.75 bits per heavy atom. The zero-order chi connectivity index (χ0) is 14.9. The molecular weight excluding hydrogens is 322 g/mol. The van der Waals surface area contributed by atoms with Crippen molar-refractivity contribution in [1.82, 2.24) is 0 Å². The Labute approximate surface area is 128 Å². The van der Waals surface area contributed by atoms with E-state index in [1.54, 1.807) is 6.92 Å². The van der Waals surface area contributed by atoms with Crippen molar-refractivity contribution in [3.63, 3.8) is 0 Å². The first-order valence-corrected chi connectivity index (χ1v) is 7.63. The number of rotatable bonds is 3. The molecule has 0 radical (unpaired) electrons. The van der Waals surface area contributed by atoms with E-state index in [2.05, 4.69) is 20.8 Å². The summed E-state index contributed by atoms with van der Waals surface area (Å²) in [5, 5.41) is 19.0. The minimum Gasteiger partial charge on any atom is -0.394 e. The first-order chi connectivity index (χ1) is 9.32. The third-order valence-corrected chi connectivity index (χ3v) is 4.11. The summed E-state index contributed by atoms with van der Waals surface area (Å²) in [7, 11) is 0. The summed E-state index contributed by atoms with van der Waals surface area (Å²) in [6.45, 7) is 7.24. The Bertz CT molecular complexity index is 476. The van der Waals surface area contributed by atoms with Crippen molar-refractivity contribution in [2.75, 3.05) is 24.6 Å². The number of ether oxygens (including phenoxy) is 1. The molecule has 0 amide bonds. The molecule has 20 heavy (non-hydrogen) atoms. The third kappa shape index (κ3) is 3.52. The van der Waals surface area contributed by atoms with Gasteiger partial charge in [-0.3, -0.25) is 0 Å². The Kier molecular flexibility index (Phi) is 4.74. The van der Waals surface area contributed by atoms with Crippen LogP contribution in [-0.4, -0.2) is 41.6 Å². The van der Waals surface area contributed by atoms with Crippen LogP contribution in [0.1, 0.15) is 32.4 Å². The van der Waals surface area contributed by atoms with E-state index in [-0.39, 0.29) is 18.3 Å². The summed E-state index contributed by atoms with van der Waals surface area (Å²) >= 11 is 3.57. The van der Waals surface area contributed by atoms with Crippen LogP contribution in [0.25, 0.3) is 0 Å². The Morgan fingerprint density at radius 1 is 1.50 bits per heavy atom. The number of aliphatic hydroxyl groups excluding tert-OH is 2. The predicted octanol–water partition coefficient (Wildman–Crippen LogP) is 2.48. The number of hydrogen-bond acceptors (Lipinski definition) is 4. The maximum Gasteiger partial charge on any atom is 0.0988 e. The van der Waals surface area contributed by atoms with Gasteiger partial charge in [-0.1, -0.05) is 6.07 Å². The van der Waals surface area contributed by atoms with Gasteiger partial charge < -0.3 is 19.8 Å². The van der Waals surface area contributed by atoms with Gasteiger partial charge in [0.05, 0.1) is 30.1 Å². The van der Waals surface area contributed by atoms with Gasteiger partial charge >= 0.3 is 0 Å². The van der Waals surface area contributed by atoms with Crippen LogP contribution in [0.4, 0.5) is 5.69 Å². The molecule has 4 nitrogen and oxygen atoms in total. The van der Waals surface area contributed by atoms with Crippen LogP contribution < -0.4 is 4.90 Å². The zero-order valence-corrected chi connectivity index (χ0v) is 13.7. The normalized spacial score (nSPS) is 23.7. The van der Waals surface area contributed by atoms with E-state index in [1.807, 2.05) is 32.0 Å². The van der Waals surface area contributed by atoms with Crippen LogP contribution in [0.3, 0.4) is 0 Å². The van der Waals surface area contributed by atoms with E-state index in [0.29, 0.717) is 6.54 Å². The number of halogens is 1. The van der Waals surface area contributed by atoms with Crippen molar-refractivity contribution in [3.8, 4) is 0 Å². The third-order valence-electron chi connectivity index (χ3n) is 3.48. The van der Waals surface area contributed by atoms with Crippen molar-refractivity contribution in [2.45, 2.75) is 38.6 Å². The Hall–Kier alpha value is -0.620. The smallest absolute Gasteiger partial charge is 0.0988 e. The number of anilines is 1. The molecule has 112 valence electrons. The summed E-state index contributed by atoms with van der Waals surface area (Å²) in [5.41, 5.74) is 1.64. The molecule has 0 spiro atoms. The lowest BCUT2D eigenvalue weighted by atomic mass is 10.0. The van der Waals surface area contributed by atoms with Gasteiger partial charge in [0.25, 0.3) is 0 Å². The van der Waals surface area contributed by atoms with Crippen molar-refractivity contribution in [3.05, 3.63) is 28.2 Å². The molecule has 1 aromatic rings. The maximum absolute atomic E-state index is 9.63. The molecule has 0 aliphatic carbocycles. The number of hydrogen-bond donors (Lipinski definition) is 2. The molecule has 2 unspecified atom stereocenters. The summed E-state index contributed by atoms with van der Waals surface area (Å²) < 4.78 is 6.78. The van der Waals surface area contributed by atoms with Gasteiger partial charge in [0.15, 0.2) is 0 Å². The van der Waals surface area contributed by atoms with Crippen LogP contribution in [-0.2, 0) is 4.74 Å². The van der Waals surface area contributed by atoms with Gasteiger partial charge in [0.2, 0.25) is 0 Å². The molecule has 1 fully saturated rings. The lowest BCUT2D eigenvalue weighted by Crippen LogP contribution is -2.54. The molecule has 1 heterocycles. The lowest BCUT2D eigenvalue weighted by molar-refractivity contribution is -0.101. The second-order valence-corrected chi connectivity index (χ2v) is 6.80. The average Bonchev–Trinajstić information content (AvgIpc) is 2.36. The molecule has 5 heteroatoms. The monoisotopic (exact) mass is 343 g/mol. The molecule has 1 saturated heterocycles. The van der Waals surface area contributed by atoms with Gasteiger partial charge in [-0.2, -0.15) is 0 Å². The van der Waals surface area contributed by atoms with E-state index >= 15 is 0 Å². The molecule has 1 aliphatic rings. The second kappa shape index (κ2) is 6.02. The van der Waals surface area contributed by atoms with Gasteiger partial charge in [0.1, 0.15) is 0 Å². The van der Waals surface area contributed by atoms with Crippen molar-refractivity contribution < 1.29 is 14.9 Å². The number of aliphatic hydroxyl groups is 2. The van der Waals surface area contributed by atoms with Crippen molar-refractivity contribution >= 4 is 21.6 Å². The van der Waals surface area contributed by atoms with Crippen molar-refractivity contribution in [1.29, 1.82) is 0 Å². The van der Waals surface area contributed by atoms with E-state index in [4.69, 9.17) is 4.74 Å². The van der Waals surface area contributed by atoms with Crippen molar-refractivity contribution in [2.24, 2.45) is 0 Å². The highest BCUT2D eigenvalue weighted by molar-refractivity contribution is 9.10. The van der Waals surface area contributed by atoms with Gasteiger partial charge in [-0.05, 0) is 54.4 Å². The number of morpholine rings is 1. The van der Waals surface area contributed by atoms with E-state index in [0.717, 1.165) is 22.3 Å². The molecule has 0 saturated carbocycles. The summed E-state index contributed by atoms with van der Waals surface area (Å²) in [6, 6.07) is 5.87. The fourth-order valence-electron chi connectivity index (χ4n) is 2.61. The fourth-order valence-corrected chi connectivity index (χ4v) is 3.26. The number of benzene rings is 1. The zero-order valence-electron chi connectivity index (χ0n) is 12.1. The highest BCUT2D eigenvalue weighted by Gasteiger charge is 2.33. The van der Waals surface area contributed by atoms with Gasteiger partial charge in [-0.15, -0.1) is 0 Å². The van der Waals surface area contributed by atoms with Crippen LogP contribution in [0.2, 0.25) is 0 Å².